The van der Waals surface area contributed by atoms with Gasteiger partial charge in [-0.25, -0.2) is 4.79 Å². The lowest BCUT2D eigenvalue weighted by molar-refractivity contribution is -0.870. The lowest BCUT2D eigenvalue weighted by Crippen LogP contribution is -2.38. The summed E-state index contributed by atoms with van der Waals surface area (Å²) in [7, 11) is 6.17. The first-order chi connectivity index (χ1) is 5.45. The van der Waals surface area contributed by atoms with Crippen molar-refractivity contribution in [2.45, 2.75) is 6.92 Å². The van der Waals surface area contributed by atoms with Crippen molar-refractivity contribution in [2.75, 3.05) is 40.8 Å². The third-order valence-electron chi connectivity index (χ3n) is 1.32. The van der Waals surface area contributed by atoms with Crippen LogP contribution in [0.1, 0.15) is 6.92 Å². The molecule has 0 atom stereocenters. The quantitative estimate of drug-likeness (QED) is 0.630. The first-order valence-electron chi connectivity index (χ1n) is 4.17. The highest BCUT2D eigenvalue weighted by Gasteiger charge is 2.07. The van der Waals surface area contributed by atoms with Crippen molar-refractivity contribution in [2.24, 2.45) is 0 Å². The number of hydrogen-bond acceptors (Lipinski definition) is 2. The van der Waals surface area contributed by atoms with Crippen LogP contribution in [0, 0.1) is 0 Å². The Morgan fingerprint density at radius 1 is 1.42 bits per heavy atom. The smallest absolute Gasteiger partial charge is 0.407 e. The van der Waals surface area contributed by atoms with Gasteiger partial charge in [-0.1, -0.05) is 0 Å². The molecule has 0 heterocycles. The van der Waals surface area contributed by atoms with Crippen molar-refractivity contribution in [3.8, 4) is 0 Å². The van der Waals surface area contributed by atoms with E-state index in [0.29, 0.717) is 13.2 Å². The first-order valence-corrected chi connectivity index (χ1v) is 4.17. The van der Waals surface area contributed by atoms with Crippen LogP contribution < -0.4 is 5.32 Å². The highest BCUT2D eigenvalue weighted by atomic mass is 16.5. The molecule has 0 aliphatic heterocycles. The molecule has 0 fully saturated rings. The molecule has 0 spiro atoms. The maximum Gasteiger partial charge on any atom is 0.407 e. The minimum atomic E-state index is -0.328. The maximum absolute atomic E-state index is 10.8. The largest absolute Gasteiger partial charge is 0.444 e. The summed E-state index contributed by atoms with van der Waals surface area (Å²) in [4.78, 5) is 10.8. The van der Waals surface area contributed by atoms with Gasteiger partial charge in [-0.05, 0) is 6.92 Å². The zero-order valence-electron chi connectivity index (χ0n) is 8.39. The van der Waals surface area contributed by atoms with Crippen LogP contribution in [0.2, 0.25) is 0 Å². The average molecular weight is 175 g/mol. The zero-order valence-corrected chi connectivity index (χ0v) is 8.39. The maximum atomic E-state index is 10.8. The third-order valence-corrected chi connectivity index (χ3v) is 1.32. The minimum absolute atomic E-state index is 0.328. The third kappa shape index (κ3) is 7.34. The van der Waals surface area contributed by atoms with E-state index in [9.17, 15) is 4.79 Å². The SMILES string of the molecule is CCNC(=O)OCC[N+](C)(C)C. The van der Waals surface area contributed by atoms with Gasteiger partial charge in [-0.2, -0.15) is 0 Å². The summed E-state index contributed by atoms with van der Waals surface area (Å²) in [5, 5.41) is 2.56. The molecule has 0 aliphatic carbocycles. The summed E-state index contributed by atoms with van der Waals surface area (Å²) in [5.41, 5.74) is 0. The van der Waals surface area contributed by atoms with E-state index in [1.165, 1.54) is 0 Å². The van der Waals surface area contributed by atoms with Gasteiger partial charge in [0.1, 0.15) is 13.2 Å². The number of rotatable bonds is 4. The molecule has 0 saturated heterocycles. The molecule has 4 heteroatoms. The second-order valence-electron chi connectivity index (χ2n) is 3.68. The lowest BCUT2D eigenvalue weighted by Gasteiger charge is -2.23. The molecule has 0 radical (unpaired) electrons. The van der Waals surface area contributed by atoms with Crippen molar-refractivity contribution in [1.29, 1.82) is 0 Å². The lowest BCUT2D eigenvalue weighted by atomic mass is 10.5. The standard InChI is InChI=1S/C8H18N2O2/c1-5-9-8(11)12-7-6-10(2,3)4/h5-7H2,1-4H3/p+1. The Balaban J connectivity index is 3.37. The first kappa shape index (κ1) is 11.2. The van der Waals surface area contributed by atoms with Crippen molar-refractivity contribution in [1.82, 2.24) is 5.32 Å². The van der Waals surface area contributed by atoms with Gasteiger partial charge in [0.25, 0.3) is 0 Å². The number of hydrogen-bond donors (Lipinski definition) is 1. The number of likely N-dealkylation sites (N-methyl/N-ethyl adjacent to an activating group) is 1. The topological polar surface area (TPSA) is 38.3 Å². The highest BCUT2D eigenvalue weighted by Crippen LogP contribution is 1.89. The van der Waals surface area contributed by atoms with Crippen molar-refractivity contribution < 1.29 is 14.0 Å². The molecule has 0 bridgehead atoms. The van der Waals surface area contributed by atoms with E-state index < -0.39 is 0 Å². The zero-order chi connectivity index (χ0) is 9.61. The fourth-order valence-electron chi connectivity index (χ4n) is 0.608. The Labute approximate surface area is 74.1 Å². The van der Waals surface area contributed by atoms with Gasteiger partial charge in [0, 0.05) is 6.54 Å². The van der Waals surface area contributed by atoms with Crippen molar-refractivity contribution >= 4 is 6.09 Å². The number of ether oxygens (including phenoxy) is 1. The van der Waals surface area contributed by atoms with Gasteiger partial charge in [0.05, 0.1) is 21.1 Å². The summed E-state index contributed by atoms with van der Waals surface area (Å²) >= 11 is 0. The van der Waals surface area contributed by atoms with Crippen LogP contribution in [0.25, 0.3) is 0 Å². The molecule has 0 aromatic heterocycles. The minimum Gasteiger partial charge on any atom is -0.444 e. The van der Waals surface area contributed by atoms with Gasteiger partial charge in [-0.15, -0.1) is 0 Å². The number of nitrogens with zero attached hydrogens (tertiary/aromatic N) is 1. The fraction of sp³-hybridized carbons (Fsp3) is 0.875. The van der Waals surface area contributed by atoms with Gasteiger partial charge < -0.3 is 14.5 Å². The van der Waals surface area contributed by atoms with E-state index in [1.807, 2.05) is 6.92 Å². The van der Waals surface area contributed by atoms with Crippen LogP contribution in [0.4, 0.5) is 4.79 Å². The normalized spacial score (nSPS) is 11.0. The molecular formula is C8H19N2O2+. The monoisotopic (exact) mass is 175 g/mol. The Kier molecular flexibility index (Phi) is 4.66. The second-order valence-corrected chi connectivity index (χ2v) is 3.68. The summed E-state index contributed by atoms with van der Waals surface area (Å²) in [6, 6.07) is 0. The number of carbonyl (C=O) groups is 1. The summed E-state index contributed by atoms with van der Waals surface area (Å²) in [6.45, 7) is 3.77. The van der Waals surface area contributed by atoms with E-state index in [-0.39, 0.29) is 6.09 Å². The van der Waals surface area contributed by atoms with Crippen LogP contribution in [-0.4, -0.2) is 51.4 Å². The second kappa shape index (κ2) is 4.98. The van der Waals surface area contributed by atoms with E-state index >= 15 is 0 Å². The Bertz CT molecular complexity index is 140. The highest BCUT2D eigenvalue weighted by molar-refractivity contribution is 5.66. The van der Waals surface area contributed by atoms with E-state index in [4.69, 9.17) is 4.74 Å². The average Bonchev–Trinajstić information content (AvgIpc) is 1.84. The molecule has 0 aromatic rings. The van der Waals surface area contributed by atoms with Crippen LogP contribution in [-0.2, 0) is 4.74 Å². The summed E-state index contributed by atoms with van der Waals surface area (Å²) in [5.74, 6) is 0. The number of amides is 1. The van der Waals surface area contributed by atoms with Crippen LogP contribution in [0.15, 0.2) is 0 Å². The summed E-state index contributed by atoms with van der Waals surface area (Å²) in [6.07, 6.45) is -0.328. The number of alkyl carbamates (subject to hydrolysis) is 1. The predicted octanol–water partition coefficient (Wildman–Crippen LogP) is 0.439. The molecular weight excluding hydrogens is 156 g/mol. The van der Waals surface area contributed by atoms with Gasteiger partial charge >= 0.3 is 6.09 Å². The molecule has 0 saturated carbocycles. The molecule has 0 unspecified atom stereocenters. The van der Waals surface area contributed by atoms with Gasteiger partial charge in [0.15, 0.2) is 0 Å². The molecule has 1 amide bonds. The molecule has 0 aliphatic rings. The number of carbonyl (C=O) groups excluding carboxylic acids is 1. The molecule has 1 N–H and O–H groups in total. The number of quaternary nitrogens is 1. The fourth-order valence-corrected chi connectivity index (χ4v) is 0.608. The predicted molar refractivity (Wildman–Crippen MR) is 47.9 cm³/mol. The Hall–Kier alpha value is -0.770. The van der Waals surface area contributed by atoms with Crippen LogP contribution in [0.3, 0.4) is 0 Å². The van der Waals surface area contributed by atoms with E-state index in [0.717, 1.165) is 11.0 Å². The Morgan fingerprint density at radius 3 is 2.42 bits per heavy atom. The van der Waals surface area contributed by atoms with Gasteiger partial charge in [-0.3, -0.25) is 0 Å². The van der Waals surface area contributed by atoms with Gasteiger partial charge in [0.2, 0.25) is 0 Å². The molecule has 72 valence electrons. The number of nitrogens with one attached hydrogen (secondary N) is 1. The summed E-state index contributed by atoms with van der Waals surface area (Å²) < 4.78 is 5.70. The van der Waals surface area contributed by atoms with Crippen molar-refractivity contribution in [3.05, 3.63) is 0 Å². The molecule has 4 nitrogen and oxygen atoms in total. The van der Waals surface area contributed by atoms with E-state index in [1.54, 1.807) is 0 Å². The molecule has 0 rings (SSSR count). The van der Waals surface area contributed by atoms with Crippen molar-refractivity contribution in [3.63, 3.8) is 0 Å². The Morgan fingerprint density at radius 2 is 2.00 bits per heavy atom. The van der Waals surface area contributed by atoms with Crippen LogP contribution >= 0.6 is 0 Å². The van der Waals surface area contributed by atoms with Crippen LogP contribution in [0.5, 0.6) is 0 Å². The molecule has 0 aromatic carbocycles. The molecule has 12 heavy (non-hydrogen) atoms. The van der Waals surface area contributed by atoms with E-state index in [2.05, 4.69) is 26.5 Å².